The van der Waals surface area contributed by atoms with Gasteiger partial charge < -0.3 is 20.4 Å². The Labute approximate surface area is 126 Å². The summed E-state index contributed by atoms with van der Waals surface area (Å²) in [6.07, 6.45) is 6.06. The predicted molar refractivity (Wildman–Crippen MR) is 81.6 cm³/mol. The molecule has 1 saturated heterocycles. The number of pyridine rings is 1. The third-order valence-electron chi connectivity index (χ3n) is 3.67. The van der Waals surface area contributed by atoms with E-state index in [0.29, 0.717) is 5.65 Å². The summed E-state index contributed by atoms with van der Waals surface area (Å²) in [6.45, 7) is 1.58. The Balaban J connectivity index is 1.56. The number of imidazole rings is 1. The van der Waals surface area contributed by atoms with Gasteiger partial charge in [-0.05, 0) is 12.1 Å². The fraction of sp³-hybridized carbons (Fsp3) is 0.286. The molecular formula is C14H15N7O. The smallest absolute Gasteiger partial charge is 0.224 e. The summed E-state index contributed by atoms with van der Waals surface area (Å²) in [5.74, 6) is 1.78. The molecule has 0 bridgehead atoms. The molecule has 1 aliphatic heterocycles. The van der Waals surface area contributed by atoms with E-state index in [1.807, 2.05) is 12.1 Å². The van der Waals surface area contributed by atoms with Gasteiger partial charge in [0.25, 0.3) is 0 Å². The van der Waals surface area contributed by atoms with Crippen LogP contribution in [0, 0.1) is 0 Å². The Hall–Kier alpha value is -2.90. The second kappa shape index (κ2) is 5.14. The highest BCUT2D eigenvalue weighted by Crippen LogP contribution is 2.26. The van der Waals surface area contributed by atoms with Gasteiger partial charge in [-0.15, -0.1) is 0 Å². The third kappa shape index (κ3) is 2.28. The van der Waals surface area contributed by atoms with E-state index in [9.17, 15) is 0 Å². The number of H-pyrrole nitrogens is 1. The van der Waals surface area contributed by atoms with Crippen molar-refractivity contribution < 1.29 is 4.74 Å². The van der Waals surface area contributed by atoms with E-state index >= 15 is 0 Å². The predicted octanol–water partition coefficient (Wildman–Crippen LogP) is 0.988. The van der Waals surface area contributed by atoms with E-state index in [-0.39, 0.29) is 12.1 Å². The molecule has 4 rings (SSSR count). The number of nitrogens with zero attached hydrogens (tertiary/aromatic N) is 5. The van der Waals surface area contributed by atoms with Crippen molar-refractivity contribution in [3.8, 4) is 5.75 Å². The largest absolute Gasteiger partial charge is 0.487 e. The summed E-state index contributed by atoms with van der Waals surface area (Å²) in [5.41, 5.74) is 7.15. The van der Waals surface area contributed by atoms with Crippen LogP contribution in [0.15, 0.2) is 30.9 Å². The highest BCUT2D eigenvalue weighted by molar-refractivity contribution is 5.84. The van der Waals surface area contributed by atoms with Crippen LogP contribution < -0.4 is 15.4 Å². The highest BCUT2D eigenvalue weighted by Gasteiger charge is 2.27. The maximum Gasteiger partial charge on any atom is 0.224 e. The number of anilines is 2. The van der Waals surface area contributed by atoms with Crippen LogP contribution in [0.5, 0.6) is 5.75 Å². The number of nitrogens with two attached hydrogens (primary N) is 1. The van der Waals surface area contributed by atoms with Gasteiger partial charge in [-0.1, -0.05) is 0 Å². The third-order valence-corrected chi connectivity index (χ3v) is 3.67. The van der Waals surface area contributed by atoms with Gasteiger partial charge in [0.2, 0.25) is 5.95 Å². The molecular weight excluding hydrogens is 282 g/mol. The standard InChI is InChI=1S/C14H15N7O/c15-14-19-12-11(17-8-18-12)13(20-14)21-5-3-10(7-21)22-9-2-1-4-16-6-9/h1-2,4,6,8,10H,3,5,7H2,(H3,15,17,18,19,20)/t10-/m1/s1. The summed E-state index contributed by atoms with van der Waals surface area (Å²) in [7, 11) is 0. The molecule has 1 atom stereocenters. The fourth-order valence-electron chi connectivity index (χ4n) is 2.69. The minimum Gasteiger partial charge on any atom is -0.487 e. The zero-order chi connectivity index (χ0) is 14.9. The van der Waals surface area contributed by atoms with Crippen molar-refractivity contribution in [1.82, 2.24) is 24.9 Å². The van der Waals surface area contributed by atoms with Crippen LogP contribution in [0.2, 0.25) is 0 Å². The Morgan fingerprint density at radius 3 is 3.18 bits per heavy atom. The second-order valence-electron chi connectivity index (χ2n) is 5.17. The lowest BCUT2D eigenvalue weighted by Gasteiger charge is -2.18. The summed E-state index contributed by atoms with van der Waals surface area (Å²) in [5, 5.41) is 0. The van der Waals surface area contributed by atoms with Crippen LogP contribution in [-0.2, 0) is 0 Å². The fourth-order valence-corrected chi connectivity index (χ4v) is 2.69. The number of ether oxygens (including phenoxy) is 1. The van der Waals surface area contributed by atoms with Gasteiger partial charge >= 0.3 is 0 Å². The zero-order valence-electron chi connectivity index (χ0n) is 11.8. The van der Waals surface area contributed by atoms with Crippen LogP contribution in [0.25, 0.3) is 11.2 Å². The molecule has 0 saturated carbocycles. The number of hydrogen-bond donors (Lipinski definition) is 2. The Bertz CT molecular complexity index is 788. The van der Waals surface area contributed by atoms with Crippen molar-refractivity contribution in [2.75, 3.05) is 23.7 Å². The molecule has 8 nitrogen and oxygen atoms in total. The number of nitrogen functional groups attached to an aromatic ring is 1. The maximum atomic E-state index is 5.95. The molecule has 8 heteroatoms. The molecule has 0 amide bonds. The Kier molecular flexibility index (Phi) is 2.99. The normalized spacial score (nSPS) is 18.0. The Morgan fingerprint density at radius 2 is 2.32 bits per heavy atom. The number of rotatable bonds is 3. The molecule has 112 valence electrons. The molecule has 22 heavy (non-hydrogen) atoms. The molecule has 3 aromatic rings. The molecule has 0 radical (unpaired) electrons. The van der Waals surface area contributed by atoms with Crippen LogP contribution in [0.3, 0.4) is 0 Å². The number of hydrogen-bond acceptors (Lipinski definition) is 7. The van der Waals surface area contributed by atoms with Crippen molar-refractivity contribution in [3.63, 3.8) is 0 Å². The van der Waals surface area contributed by atoms with Crippen molar-refractivity contribution in [2.45, 2.75) is 12.5 Å². The minimum atomic E-state index is 0.0957. The van der Waals surface area contributed by atoms with Gasteiger partial charge in [0.1, 0.15) is 17.4 Å². The van der Waals surface area contributed by atoms with E-state index in [1.54, 1.807) is 18.7 Å². The first-order valence-electron chi connectivity index (χ1n) is 7.08. The minimum absolute atomic E-state index is 0.0957. The summed E-state index contributed by atoms with van der Waals surface area (Å²) >= 11 is 0. The van der Waals surface area contributed by atoms with Crippen molar-refractivity contribution in [2.24, 2.45) is 0 Å². The average molecular weight is 297 g/mol. The van der Waals surface area contributed by atoms with Crippen LogP contribution in [-0.4, -0.2) is 44.1 Å². The summed E-state index contributed by atoms with van der Waals surface area (Å²) in [4.78, 5) is 21.9. The lowest BCUT2D eigenvalue weighted by molar-refractivity contribution is 0.224. The SMILES string of the molecule is Nc1nc(N2CC[C@@H](Oc3cccnc3)C2)c2[nH]cnc2n1. The lowest BCUT2D eigenvalue weighted by atomic mass is 10.3. The van der Waals surface area contributed by atoms with Crippen LogP contribution >= 0.6 is 0 Å². The van der Waals surface area contributed by atoms with E-state index in [2.05, 4.69) is 29.8 Å². The molecule has 1 aliphatic rings. The quantitative estimate of drug-likeness (QED) is 0.742. The number of aromatic nitrogens is 5. The summed E-state index contributed by atoms with van der Waals surface area (Å²) in [6, 6.07) is 3.77. The highest BCUT2D eigenvalue weighted by atomic mass is 16.5. The van der Waals surface area contributed by atoms with Crippen molar-refractivity contribution in [3.05, 3.63) is 30.9 Å². The van der Waals surface area contributed by atoms with Gasteiger partial charge in [0, 0.05) is 19.2 Å². The van der Waals surface area contributed by atoms with E-state index < -0.39 is 0 Å². The molecule has 0 aliphatic carbocycles. The van der Waals surface area contributed by atoms with Gasteiger partial charge in [0.15, 0.2) is 11.5 Å². The first kappa shape index (κ1) is 12.8. The maximum absolute atomic E-state index is 5.95. The first-order chi connectivity index (χ1) is 10.8. The van der Waals surface area contributed by atoms with Crippen molar-refractivity contribution in [1.29, 1.82) is 0 Å². The van der Waals surface area contributed by atoms with Gasteiger partial charge in [-0.2, -0.15) is 9.97 Å². The molecule has 0 aromatic carbocycles. The number of nitrogens with one attached hydrogen (secondary N) is 1. The summed E-state index contributed by atoms with van der Waals surface area (Å²) < 4.78 is 5.95. The van der Waals surface area contributed by atoms with Gasteiger partial charge in [-0.25, -0.2) is 4.98 Å². The number of fused-ring (bicyclic) bond motifs is 1. The van der Waals surface area contributed by atoms with E-state index in [1.165, 1.54) is 0 Å². The van der Waals surface area contributed by atoms with Crippen LogP contribution in [0.1, 0.15) is 6.42 Å². The molecule has 0 unspecified atom stereocenters. The monoisotopic (exact) mass is 297 g/mol. The van der Waals surface area contributed by atoms with Crippen LogP contribution in [0.4, 0.5) is 11.8 Å². The average Bonchev–Trinajstić information content (AvgIpc) is 3.16. The molecule has 0 spiro atoms. The van der Waals surface area contributed by atoms with E-state index in [0.717, 1.165) is 36.6 Å². The lowest BCUT2D eigenvalue weighted by Crippen LogP contribution is -2.26. The van der Waals surface area contributed by atoms with Gasteiger partial charge in [0.05, 0.1) is 19.1 Å². The molecule has 1 fully saturated rings. The molecule has 3 N–H and O–H groups in total. The topological polar surface area (TPSA) is 106 Å². The second-order valence-corrected chi connectivity index (χ2v) is 5.17. The molecule has 4 heterocycles. The van der Waals surface area contributed by atoms with Gasteiger partial charge in [-0.3, -0.25) is 4.98 Å². The number of aromatic amines is 1. The zero-order valence-corrected chi connectivity index (χ0v) is 11.8. The van der Waals surface area contributed by atoms with E-state index in [4.69, 9.17) is 10.5 Å². The first-order valence-corrected chi connectivity index (χ1v) is 7.08. The van der Waals surface area contributed by atoms with Crippen molar-refractivity contribution >= 4 is 22.9 Å². The molecule has 3 aromatic heterocycles. The Morgan fingerprint density at radius 1 is 1.36 bits per heavy atom.